The van der Waals surface area contributed by atoms with Crippen LogP contribution in [0.1, 0.15) is 4.88 Å². The van der Waals surface area contributed by atoms with Crippen molar-refractivity contribution in [3.63, 3.8) is 0 Å². The summed E-state index contributed by atoms with van der Waals surface area (Å²) in [5.74, 6) is -1.81. The second-order valence-electron chi connectivity index (χ2n) is 3.77. The molecule has 0 bridgehead atoms. The van der Waals surface area contributed by atoms with Crippen molar-refractivity contribution in [2.24, 2.45) is 5.73 Å². The minimum atomic E-state index is -3.94. The molecular formula is C11H9BrF2N2O2S2. The summed E-state index contributed by atoms with van der Waals surface area (Å²) in [6.45, 7) is 0.217. The second-order valence-corrected chi connectivity index (χ2v) is 7.71. The summed E-state index contributed by atoms with van der Waals surface area (Å²) in [7, 11) is -3.94. The third-order valence-electron chi connectivity index (χ3n) is 2.35. The van der Waals surface area contributed by atoms with E-state index >= 15 is 0 Å². The van der Waals surface area contributed by atoms with Gasteiger partial charge in [0.15, 0.2) is 5.82 Å². The second kappa shape index (κ2) is 5.76. The fourth-order valence-electron chi connectivity index (χ4n) is 1.44. The molecule has 9 heteroatoms. The Kier molecular flexibility index (Phi) is 4.43. The van der Waals surface area contributed by atoms with E-state index < -0.39 is 21.7 Å². The molecule has 3 N–H and O–H groups in total. The molecule has 0 aliphatic rings. The number of nitrogens with two attached hydrogens (primary N) is 1. The summed E-state index contributed by atoms with van der Waals surface area (Å²) in [4.78, 5) is 0.684. The molecule has 0 saturated carbocycles. The first kappa shape index (κ1) is 15.4. The van der Waals surface area contributed by atoms with Gasteiger partial charge in [-0.3, -0.25) is 4.72 Å². The SMILES string of the molecule is NCc1ccc(S(=O)(=O)Nc2c(F)cc(F)cc2Br)s1. The number of halogens is 3. The predicted molar refractivity (Wildman–Crippen MR) is 77.1 cm³/mol. The molecule has 20 heavy (non-hydrogen) atoms. The standard InChI is InChI=1S/C11H9BrF2N2O2S2/c12-8-3-6(13)4-9(14)11(8)16-20(17,18)10-2-1-7(5-15)19-10/h1-4,16H,5,15H2. The van der Waals surface area contributed by atoms with E-state index in [4.69, 9.17) is 5.73 Å². The van der Waals surface area contributed by atoms with Crippen LogP contribution in [-0.4, -0.2) is 8.42 Å². The molecule has 1 aromatic heterocycles. The van der Waals surface area contributed by atoms with Crippen molar-refractivity contribution in [2.45, 2.75) is 10.8 Å². The van der Waals surface area contributed by atoms with E-state index in [0.29, 0.717) is 10.9 Å². The van der Waals surface area contributed by atoms with Crippen LogP contribution < -0.4 is 10.5 Å². The minimum absolute atomic E-state index is 0.00794. The Hall–Kier alpha value is -1.03. The zero-order valence-electron chi connectivity index (χ0n) is 9.86. The molecule has 0 saturated heterocycles. The average Bonchev–Trinajstić information content (AvgIpc) is 2.83. The van der Waals surface area contributed by atoms with Crippen LogP contribution in [0.4, 0.5) is 14.5 Å². The number of sulfonamides is 1. The van der Waals surface area contributed by atoms with Crippen molar-refractivity contribution < 1.29 is 17.2 Å². The molecule has 0 spiro atoms. The van der Waals surface area contributed by atoms with Crippen LogP contribution in [0.5, 0.6) is 0 Å². The third-order valence-corrected chi connectivity index (χ3v) is 5.92. The maximum Gasteiger partial charge on any atom is 0.271 e. The Bertz CT molecular complexity index is 724. The van der Waals surface area contributed by atoms with Gasteiger partial charge in [0.2, 0.25) is 0 Å². The lowest BCUT2D eigenvalue weighted by Gasteiger charge is -2.09. The fraction of sp³-hybridized carbons (Fsp3) is 0.0909. The highest BCUT2D eigenvalue weighted by atomic mass is 79.9. The van der Waals surface area contributed by atoms with E-state index in [0.717, 1.165) is 17.4 Å². The average molecular weight is 383 g/mol. The molecule has 0 aliphatic carbocycles. The van der Waals surface area contributed by atoms with Crippen molar-refractivity contribution in [3.8, 4) is 0 Å². The monoisotopic (exact) mass is 382 g/mol. The highest BCUT2D eigenvalue weighted by Gasteiger charge is 2.20. The third kappa shape index (κ3) is 3.17. The number of thiophene rings is 1. The van der Waals surface area contributed by atoms with Crippen LogP contribution >= 0.6 is 27.3 Å². The van der Waals surface area contributed by atoms with E-state index in [2.05, 4.69) is 20.7 Å². The molecule has 4 nitrogen and oxygen atoms in total. The largest absolute Gasteiger partial charge is 0.326 e. The van der Waals surface area contributed by atoms with Gasteiger partial charge in [0.1, 0.15) is 10.0 Å². The van der Waals surface area contributed by atoms with Gasteiger partial charge in [-0.05, 0) is 34.1 Å². The first-order valence-electron chi connectivity index (χ1n) is 5.29. The van der Waals surface area contributed by atoms with Gasteiger partial charge >= 0.3 is 0 Å². The van der Waals surface area contributed by atoms with Crippen molar-refractivity contribution in [3.05, 3.63) is 45.2 Å². The zero-order valence-corrected chi connectivity index (χ0v) is 13.1. The van der Waals surface area contributed by atoms with Gasteiger partial charge in [-0.25, -0.2) is 17.2 Å². The van der Waals surface area contributed by atoms with Gasteiger partial charge in [0.25, 0.3) is 10.0 Å². The van der Waals surface area contributed by atoms with Crippen LogP contribution in [0.15, 0.2) is 32.9 Å². The molecule has 2 rings (SSSR count). The lowest BCUT2D eigenvalue weighted by atomic mass is 10.3. The van der Waals surface area contributed by atoms with E-state index in [1.165, 1.54) is 6.07 Å². The van der Waals surface area contributed by atoms with E-state index in [1.807, 2.05) is 0 Å². The molecule has 0 radical (unpaired) electrons. The number of rotatable bonds is 4. The van der Waals surface area contributed by atoms with Gasteiger partial charge in [-0.2, -0.15) is 0 Å². The maximum atomic E-state index is 13.6. The first-order valence-corrected chi connectivity index (χ1v) is 8.39. The van der Waals surface area contributed by atoms with Crippen molar-refractivity contribution in [1.82, 2.24) is 0 Å². The number of benzene rings is 1. The lowest BCUT2D eigenvalue weighted by molar-refractivity contribution is 0.582. The number of hydrogen-bond donors (Lipinski definition) is 2. The first-order chi connectivity index (χ1) is 9.33. The van der Waals surface area contributed by atoms with Gasteiger partial charge in [-0.1, -0.05) is 0 Å². The van der Waals surface area contributed by atoms with E-state index in [9.17, 15) is 17.2 Å². The summed E-state index contributed by atoms with van der Waals surface area (Å²) in [5, 5.41) is 0. The molecule has 1 heterocycles. The fourth-order valence-corrected chi connectivity index (χ4v) is 4.40. The predicted octanol–water partition coefficient (Wildman–Crippen LogP) is 3.05. The van der Waals surface area contributed by atoms with Crippen LogP contribution in [0.3, 0.4) is 0 Å². The van der Waals surface area contributed by atoms with E-state index in [1.54, 1.807) is 6.07 Å². The minimum Gasteiger partial charge on any atom is -0.326 e. The smallest absolute Gasteiger partial charge is 0.271 e. The number of nitrogens with one attached hydrogen (secondary N) is 1. The van der Waals surface area contributed by atoms with Crippen LogP contribution in [-0.2, 0) is 16.6 Å². The van der Waals surface area contributed by atoms with Crippen molar-refractivity contribution in [1.29, 1.82) is 0 Å². The van der Waals surface area contributed by atoms with Crippen molar-refractivity contribution in [2.75, 3.05) is 4.72 Å². The summed E-state index contributed by atoms with van der Waals surface area (Å²) in [6.07, 6.45) is 0. The molecule has 0 amide bonds. The molecule has 0 fully saturated rings. The Morgan fingerprint density at radius 3 is 2.55 bits per heavy atom. The van der Waals surface area contributed by atoms with Gasteiger partial charge < -0.3 is 5.73 Å². The molecular weight excluding hydrogens is 374 g/mol. The Morgan fingerprint density at radius 2 is 2.00 bits per heavy atom. The Morgan fingerprint density at radius 1 is 1.30 bits per heavy atom. The lowest BCUT2D eigenvalue weighted by Crippen LogP contribution is -2.13. The van der Waals surface area contributed by atoms with Gasteiger partial charge in [-0.15, -0.1) is 11.3 Å². The molecule has 108 valence electrons. The Balaban J connectivity index is 2.38. The van der Waals surface area contributed by atoms with Crippen molar-refractivity contribution >= 4 is 43.0 Å². The number of hydrogen-bond acceptors (Lipinski definition) is 4. The van der Waals surface area contributed by atoms with Gasteiger partial charge in [0, 0.05) is 22.0 Å². The normalized spacial score (nSPS) is 11.6. The molecule has 0 aliphatic heterocycles. The quantitative estimate of drug-likeness (QED) is 0.853. The van der Waals surface area contributed by atoms with Crippen LogP contribution in [0.2, 0.25) is 0 Å². The highest BCUT2D eigenvalue weighted by molar-refractivity contribution is 9.10. The number of anilines is 1. The molecule has 0 unspecified atom stereocenters. The van der Waals surface area contributed by atoms with E-state index in [-0.39, 0.29) is 20.9 Å². The Labute approximate surface area is 126 Å². The summed E-state index contributed by atoms with van der Waals surface area (Å²) >= 11 is 3.91. The zero-order chi connectivity index (χ0) is 14.9. The maximum absolute atomic E-state index is 13.6. The summed E-state index contributed by atoms with van der Waals surface area (Å²) in [6, 6.07) is 4.53. The summed E-state index contributed by atoms with van der Waals surface area (Å²) < 4.78 is 52.8. The molecule has 0 atom stereocenters. The molecule has 2 aromatic rings. The van der Waals surface area contributed by atoms with Crippen LogP contribution in [0, 0.1) is 11.6 Å². The topological polar surface area (TPSA) is 72.2 Å². The van der Waals surface area contributed by atoms with Crippen LogP contribution in [0.25, 0.3) is 0 Å². The molecule has 1 aromatic carbocycles. The highest BCUT2D eigenvalue weighted by Crippen LogP contribution is 2.30. The summed E-state index contributed by atoms with van der Waals surface area (Å²) in [5.41, 5.74) is 5.07. The van der Waals surface area contributed by atoms with Gasteiger partial charge in [0.05, 0.1) is 5.69 Å².